The molecule has 2 atom stereocenters. The molecule has 0 spiro atoms. The lowest BCUT2D eigenvalue weighted by atomic mass is 9.66. The van der Waals surface area contributed by atoms with Crippen LogP contribution in [0.2, 0.25) is 0 Å². The number of carbonyl (C=O) groups is 1. The Hall–Kier alpha value is -0.240. The zero-order valence-electron chi connectivity index (χ0n) is 10.2. The molecule has 0 saturated heterocycles. The van der Waals surface area contributed by atoms with Gasteiger partial charge in [-0.25, -0.2) is 0 Å². The molecule has 0 radical (unpaired) electrons. The Bertz CT molecular complexity index is 276. The minimum atomic E-state index is 0.112. The molecule has 0 N–H and O–H groups in total. The molecule has 0 heterocycles. The van der Waals surface area contributed by atoms with Crippen LogP contribution in [0.5, 0.6) is 0 Å². The number of thiol groups is 1. The fourth-order valence-corrected chi connectivity index (χ4v) is 2.83. The van der Waals surface area contributed by atoms with E-state index in [4.69, 9.17) is 0 Å². The number of hydrogen-bond acceptors (Lipinski definition) is 2. The maximum Gasteiger partial charge on any atom is 0.141 e. The molecule has 0 aromatic carbocycles. The van der Waals surface area contributed by atoms with Gasteiger partial charge in [-0.1, -0.05) is 32.4 Å². The Labute approximate surface area is 98.7 Å². The van der Waals surface area contributed by atoms with Gasteiger partial charge in [0, 0.05) is 17.6 Å². The van der Waals surface area contributed by atoms with Gasteiger partial charge < -0.3 is 0 Å². The predicted octanol–water partition coefficient (Wildman–Crippen LogP) is 3.65. The Balaban J connectivity index is 2.84. The number of Topliss-reactive ketones (excluding diaryl/α,β-unsaturated/α-hetero) is 1. The van der Waals surface area contributed by atoms with Crippen molar-refractivity contribution in [2.24, 2.45) is 11.3 Å². The standard InChI is InChI=1S/C13H22OS/c1-9-6-5-7-13(3,4)12(9)11(14)8-10(2)15/h6,10,12,15H,5,7-8H2,1-4H3. The summed E-state index contributed by atoms with van der Waals surface area (Å²) in [6.07, 6.45) is 5.03. The van der Waals surface area contributed by atoms with Crippen LogP contribution in [0.3, 0.4) is 0 Å². The van der Waals surface area contributed by atoms with E-state index in [2.05, 4.69) is 39.5 Å². The fourth-order valence-electron chi connectivity index (χ4n) is 2.65. The van der Waals surface area contributed by atoms with Crippen molar-refractivity contribution in [3.05, 3.63) is 11.6 Å². The summed E-state index contributed by atoms with van der Waals surface area (Å²) in [7, 11) is 0. The van der Waals surface area contributed by atoms with Gasteiger partial charge in [0.15, 0.2) is 0 Å². The highest BCUT2D eigenvalue weighted by Crippen LogP contribution is 2.42. The first-order valence-corrected chi connectivity index (χ1v) is 6.23. The van der Waals surface area contributed by atoms with E-state index < -0.39 is 0 Å². The van der Waals surface area contributed by atoms with Crippen LogP contribution < -0.4 is 0 Å². The van der Waals surface area contributed by atoms with E-state index in [1.54, 1.807) is 0 Å². The van der Waals surface area contributed by atoms with Crippen LogP contribution in [-0.2, 0) is 4.79 Å². The van der Waals surface area contributed by atoms with Crippen molar-refractivity contribution in [3.63, 3.8) is 0 Å². The monoisotopic (exact) mass is 226 g/mol. The zero-order valence-corrected chi connectivity index (χ0v) is 11.1. The van der Waals surface area contributed by atoms with Crippen molar-refractivity contribution < 1.29 is 4.79 Å². The highest BCUT2D eigenvalue weighted by atomic mass is 32.1. The molecule has 0 aromatic heterocycles. The summed E-state index contributed by atoms with van der Waals surface area (Å²) in [4.78, 5) is 12.1. The van der Waals surface area contributed by atoms with Gasteiger partial charge in [0.1, 0.15) is 5.78 Å². The summed E-state index contributed by atoms with van der Waals surface area (Å²) in [5.74, 6) is 0.469. The zero-order chi connectivity index (χ0) is 11.6. The molecule has 1 aliphatic carbocycles. The molecule has 0 aromatic rings. The Morgan fingerprint density at radius 2 is 2.27 bits per heavy atom. The lowest BCUT2D eigenvalue weighted by Crippen LogP contribution is -2.35. The first-order chi connectivity index (χ1) is 6.84. The van der Waals surface area contributed by atoms with E-state index in [-0.39, 0.29) is 16.6 Å². The fraction of sp³-hybridized carbons (Fsp3) is 0.769. The number of hydrogen-bond donors (Lipinski definition) is 1. The second-order valence-electron chi connectivity index (χ2n) is 5.43. The minimum absolute atomic E-state index is 0.112. The summed E-state index contributed by atoms with van der Waals surface area (Å²) in [6, 6.07) is 0. The molecular weight excluding hydrogens is 204 g/mol. The first-order valence-electron chi connectivity index (χ1n) is 5.72. The lowest BCUT2D eigenvalue weighted by molar-refractivity contribution is -0.125. The number of ketones is 1. The van der Waals surface area contributed by atoms with E-state index in [0.29, 0.717) is 12.2 Å². The molecular formula is C13H22OS. The summed E-state index contributed by atoms with van der Waals surface area (Å²) in [5.41, 5.74) is 1.38. The van der Waals surface area contributed by atoms with Crippen molar-refractivity contribution in [2.45, 2.75) is 52.2 Å². The summed E-state index contributed by atoms with van der Waals surface area (Å²) in [6.45, 7) is 8.48. The van der Waals surface area contributed by atoms with Crippen molar-refractivity contribution in [1.29, 1.82) is 0 Å². The normalized spacial score (nSPS) is 27.0. The van der Waals surface area contributed by atoms with Crippen LogP contribution in [0.1, 0.15) is 47.0 Å². The molecule has 1 aliphatic rings. The maximum absolute atomic E-state index is 12.1. The molecule has 0 aliphatic heterocycles. The van der Waals surface area contributed by atoms with Gasteiger partial charge in [-0.2, -0.15) is 12.6 Å². The SMILES string of the molecule is CC1=CCCC(C)(C)C1C(=O)CC(C)S. The maximum atomic E-state index is 12.1. The minimum Gasteiger partial charge on any atom is -0.299 e. The molecule has 0 saturated carbocycles. The average molecular weight is 226 g/mol. The Morgan fingerprint density at radius 3 is 2.73 bits per heavy atom. The van der Waals surface area contributed by atoms with E-state index in [0.717, 1.165) is 12.8 Å². The molecule has 0 bridgehead atoms. The highest BCUT2D eigenvalue weighted by molar-refractivity contribution is 7.80. The molecule has 86 valence electrons. The topological polar surface area (TPSA) is 17.1 Å². The van der Waals surface area contributed by atoms with Crippen LogP contribution in [0.25, 0.3) is 0 Å². The number of allylic oxidation sites excluding steroid dienone is 2. The van der Waals surface area contributed by atoms with Gasteiger partial charge in [0.05, 0.1) is 0 Å². The third kappa shape index (κ3) is 3.10. The number of rotatable bonds is 3. The van der Waals surface area contributed by atoms with Gasteiger partial charge >= 0.3 is 0 Å². The second-order valence-corrected chi connectivity index (χ2v) is 6.31. The van der Waals surface area contributed by atoms with Crippen molar-refractivity contribution in [3.8, 4) is 0 Å². The van der Waals surface area contributed by atoms with Crippen molar-refractivity contribution >= 4 is 18.4 Å². The summed E-state index contributed by atoms with van der Waals surface area (Å²) >= 11 is 4.30. The van der Waals surface area contributed by atoms with Crippen LogP contribution in [0, 0.1) is 11.3 Å². The van der Waals surface area contributed by atoms with E-state index in [1.165, 1.54) is 5.57 Å². The third-order valence-electron chi connectivity index (χ3n) is 3.31. The molecule has 0 amide bonds. The van der Waals surface area contributed by atoms with Gasteiger partial charge in [0.2, 0.25) is 0 Å². The van der Waals surface area contributed by atoms with Crippen molar-refractivity contribution in [1.82, 2.24) is 0 Å². The molecule has 1 nitrogen and oxygen atoms in total. The molecule has 2 unspecified atom stereocenters. The third-order valence-corrected chi connectivity index (χ3v) is 3.49. The van der Waals surface area contributed by atoms with Crippen molar-refractivity contribution in [2.75, 3.05) is 0 Å². The van der Waals surface area contributed by atoms with Crippen LogP contribution in [0.15, 0.2) is 11.6 Å². The average Bonchev–Trinajstić information content (AvgIpc) is 1.99. The van der Waals surface area contributed by atoms with Gasteiger partial charge in [-0.3, -0.25) is 4.79 Å². The summed E-state index contributed by atoms with van der Waals surface area (Å²) in [5, 5.41) is 0.169. The van der Waals surface area contributed by atoms with Gasteiger partial charge in [-0.05, 0) is 25.2 Å². The Morgan fingerprint density at radius 1 is 1.67 bits per heavy atom. The molecule has 15 heavy (non-hydrogen) atoms. The van der Waals surface area contributed by atoms with Gasteiger partial charge in [0.25, 0.3) is 0 Å². The van der Waals surface area contributed by atoms with E-state index >= 15 is 0 Å². The first kappa shape index (κ1) is 12.8. The highest BCUT2D eigenvalue weighted by Gasteiger charge is 2.37. The Kier molecular flexibility index (Phi) is 4.05. The van der Waals surface area contributed by atoms with Crippen LogP contribution in [-0.4, -0.2) is 11.0 Å². The lowest BCUT2D eigenvalue weighted by Gasteiger charge is -2.37. The molecule has 2 heteroatoms. The van der Waals surface area contributed by atoms with Crippen LogP contribution in [0.4, 0.5) is 0 Å². The van der Waals surface area contributed by atoms with E-state index in [1.807, 2.05) is 6.92 Å². The summed E-state index contributed by atoms with van der Waals surface area (Å²) < 4.78 is 0. The predicted molar refractivity (Wildman–Crippen MR) is 68.3 cm³/mol. The molecule has 1 rings (SSSR count). The van der Waals surface area contributed by atoms with Gasteiger partial charge in [-0.15, -0.1) is 0 Å². The van der Waals surface area contributed by atoms with E-state index in [9.17, 15) is 4.79 Å². The number of carbonyl (C=O) groups excluding carboxylic acids is 1. The smallest absolute Gasteiger partial charge is 0.141 e. The van der Waals surface area contributed by atoms with Crippen LogP contribution >= 0.6 is 12.6 Å². The quantitative estimate of drug-likeness (QED) is 0.574. The molecule has 0 fully saturated rings. The largest absolute Gasteiger partial charge is 0.299 e. The second kappa shape index (κ2) is 4.73.